The molecule has 0 aliphatic heterocycles. The lowest BCUT2D eigenvalue weighted by atomic mass is 10.2. The molecule has 0 heterocycles. The molecule has 2 atom stereocenters. The molecule has 0 aromatic carbocycles. The highest BCUT2D eigenvalue weighted by atomic mass is 16.3. The van der Waals surface area contributed by atoms with Crippen molar-refractivity contribution in [3.8, 4) is 0 Å². The van der Waals surface area contributed by atoms with E-state index < -0.39 is 19.0 Å². The van der Waals surface area contributed by atoms with Gasteiger partial charge >= 0.3 is 0 Å². The summed E-state index contributed by atoms with van der Waals surface area (Å²) in [5.74, 6) is 0. The van der Waals surface area contributed by atoms with Gasteiger partial charge in [-0.05, 0) is 20.8 Å². The van der Waals surface area contributed by atoms with Crippen molar-refractivity contribution >= 4 is 0 Å². The SMILES string of the molecule is [2H]C([2H])([2H])[C@@H](O)[C@H](C)NC. The fourth-order valence-electron chi connectivity index (χ4n) is 0.158. The molecular formula is C5H13NO. The average molecular weight is 106 g/mol. The summed E-state index contributed by atoms with van der Waals surface area (Å²) in [6.45, 7) is -0.653. The molecule has 2 heteroatoms. The quantitative estimate of drug-likeness (QED) is 0.518. The molecule has 0 radical (unpaired) electrons. The third-order valence-electron chi connectivity index (χ3n) is 0.929. The summed E-state index contributed by atoms with van der Waals surface area (Å²) >= 11 is 0. The molecule has 2 nitrogen and oxygen atoms in total. The van der Waals surface area contributed by atoms with E-state index in [-0.39, 0.29) is 0 Å². The predicted octanol–water partition coefficient (Wildman–Crippen LogP) is -0.0249. The molecule has 0 saturated heterocycles. The number of hydrogen-bond donors (Lipinski definition) is 2. The van der Waals surface area contributed by atoms with Crippen LogP contribution in [0.3, 0.4) is 0 Å². The summed E-state index contributed by atoms with van der Waals surface area (Å²) in [6, 6.07) is -0.396. The van der Waals surface area contributed by atoms with Gasteiger partial charge < -0.3 is 10.4 Å². The first-order valence-corrected chi connectivity index (χ1v) is 2.25. The van der Waals surface area contributed by atoms with E-state index in [1.165, 1.54) is 0 Å². The van der Waals surface area contributed by atoms with Gasteiger partial charge in [-0.25, -0.2) is 0 Å². The molecule has 0 aromatic rings. The molecule has 0 fully saturated rings. The summed E-state index contributed by atoms with van der Waals surface area (Å²) in [5, 5.41) is 11.7. The molecule has 0 amide bonds. The van der Waals surface area contributed by atoms with Crippen molar-refractivity contribution in [3.63, 3.8) is 0 Å². The Morgan fingerprint density at radius 1 is 1.86 bits per heavy atom. The summed E-state index contributed by atoms with van der Waals surface area (Å²) in [5.41, 5.74) is 0. The summed E-state index contributed by atoms with van der Waals surface area (Å²) in [6.07, 6.45) is -1.28. The van der Waals surface area contributed by atoms with Crippen molar-refractivity contribution in [2.75, 3.05) is 7.05 Å². The Kier molecular flexibility index (Phi) is 1.30. The Balaban J connectivity index is 3.94. The highest BCUT2D eigenvalue weighted by Crippen LogP contribution is 1.86. The van der Waals surface area contributed by atoms with Gasteiger partial charge in [0.05, 0.1) is 6.10 Å². The maximum absolute atomic E-state index is 9.03. The van der Waals surface area contributed by atoms with Gasteiger partial charge in [0.15, 0.2) is 0 Å². The monoisotopic (exact) mass is 106 g/mol. The Morgan fingerprint density at radius 2 is 2.43 bits per heavy atom. The third kappa shape index (κ3) is 2.60. The Bertz CT molecular complexity index is 104. The van der Waals surface area contributed by atoms with Gasteiger partial charge in [0.2, 0.25) is 0 Å². The third-order valence-corrected chi connectivity index (χ3v) is 0.929. The minimum Gasteiger partial charge on any atom is -0.392 e. The first-order valence-electron chi connectivity index (χ1n) is 3.75. The van der Waals surface area contributed by atoms with Crippen LogP contribution in [0.2, 0.25) is 0 Å². The second-order valence-corrected chi connectivity index (χ2v) is 1.52. The van der Waals surface area contributed by atoms with E-state index in [2.05, 4.69) is 5.32 Å². The number of likely N-dealkylation sites (N-methyl/N-ethyl adjacent to an activating group) is 1. The molecule has 0 aliphatic carbocycles. The molecule has 44 valence electrons. The summed E-state index contributed by atoms with van der Waals surface area (Å²) < 4.78 is 20.4. The van der Waals surface area contributed by atoms with Gasteiger partial charge in [0, 0.05) is 10.2 Å². The van der Waals surface area contributed by atoms with Crippen molar-refractivity contribution in [1.82, 2.24) is 5.32 Å². The lowest BCUT2D eigenvalue weighted by molar-refractivity contribution is 0.157. The molecule has 0 spiro atoms. The van der Waals surface area contributed by atoms with Crippen LogP contribution in [0.5, 0.6) is 0 Å². The molecule has 0 aliphatic rings. The predicted molar refractivity (Wildman–Crippen MR) is 30.2 cm³/mol. The maximum Gasteiger partial charge on any atom is 0.0662 e. The molecular weight excluding hydrogens is 90.1 g/mol. The van der Waals surface area contributed by atoms with Crippen LogP contribution in [-0.2, 0) is 0 Å². The highest BCUT2D eigenvalue weighted by Gasteiger charge is 2.02. The van der Waals surface area contributed by atoms with Crippen LogP contribution in [0.15, 0.2) is 0 Å². The molecule has 2 N–H and O–H groups in total. The molecule has 7 heavy (non-hydrogen) atoms. The largest absolute Gasteiger partial charge is 0.392 e. The summed E-state index contributed by atoms with van der Waals surface area (Å²) in [4.78, 5) is 0. The van der Waals surface area contributed by atoms with Crippen molar-refractivity contribution in [1.29, 1.82) is 0 Å². The van der Waals surface area contributed by atoms with E-state index in [4.69, 9.17) is 9.22 Å². The standard InChI is InChI=1S/C5H13NO/c1-4(6-3)5(2)7/h4-7H,1-3H3/t4-,5+/m0/s1/i2D3. The second-order valence-electron chi connectivity index (χ2n) is 1.52. The van der Waals surface area contributed by atoms with Crippen LogP contribution in [0.4, 0.5) is 0 Å². The van der Waals surface area contributed by atoms with Crippen LogP contribution in [0, 0.1) is 0 Å². The fourth-order valence-corrected chi connectivity index (χ4v) is 0.158. The highest BCUT2D eigenvalue weighted by molar-refractivity contribution is 4.61. The second kappa shape index (κ2) is 2.99. The molecule has 0 bridgehead atoms. The number of aliphatic hydroxyl groups excluding tert-OH is 1. The fraction of sp³-hybridized carbons (Fsp3) is 1.00. The average Bonchev–Trinajstić information content (AvgIpc) is 1.83. The topological polar surface area (TPSA) is 32.3 Å². The normalized spacial score (nSPS) is 27.0. The molecule has 0 saturated carbocycles. The van der Waals surface area contributed by atoms with Crippen molar-refractivity contribution in [2.45, 2.75) is 25.9 Å². The van der Waals surface area contributed by atoms with E-state index >= 15 is 0 Å². The van der Waals surface area contributed by atoms with E-state index in [0.29, 0.717) is 0 Å². The zero-order chi connectivity index (χ0) is 8.36. The molecule has 0 aromatic heterocycles. The van der Waals surface area contributed by atoms with Crippen LogP contribution >= 0.6 is 0 Å². The first kappa shape index (κ1) is 3.05. The van der Waals surface area contributed by atoms with Crippen molar-refractivity contribution < 1.29 is 9.22 Å². The number of hydrogen-bond acceptors (Lipinski definition) is 2. The van der Waals surface area contributed by atoms with Crippen LogP contribution in [0.25, 0.3) is 0 Å². The van der Waals surface area contributed by atoms with Gasteiger partial charge in [-0.1, -0.05) is 0 Å². The van der Waals surface area contributed by atoms with Crippen molar-refractivity contribution in [3.05, 3.63) is 0 Å². The van der Waals surface area contributed by atoms with Gasteiger partial charge in [-0.3, -0.25) is 0 Å². The van der Waals surface area contributed by atoms with Crippen LogP contribution in [0.1, 0.15) is 17.9 Å². The molecule has 0 unspecified atom stereocenters. The van der Waals surface area contributed by atoms with Gasteiger partial charge in [0.1, 0.15) is 0 Å². The van der Waals surface area contributed by atoms with E-state index in [1.54, 1.807) is 14.0 Å². The van der Waals surface area contributed by atoms with Crippen molar-refractivity contribution in [2.24, 2.45) is 0 Å². The van der Waals surface area contributed by atoms with Gasteiger partial charge in [-0.2, -0.15) is 0 Å². The number of aliphatic hydroxyl groups is 1. The summed E-state index contributed by atoms with van der Waals surface area (Å²) in [7, 11) is 1.61. The minimum absolute atomic E-state index is 0.396. The van der Waals surface area contributed by atoms with E-state index in [9.17, 15) is 0 Å². The first-order chi connectivity index (χ1) is 4.39. The lowest BCUT2D eigenvalue weighted by Gasteiger charge is -2.11. The Hall–Kier alpha value is -0.0800. The van der Waals surface area contributed by atoms with Gasteiger partial charge in [-0.15, -0.1) is 0 Å². The number of rotatable bonds is 2. The van der Waals surface area contributed by atoms with Gasteiger partial charge in [0.25, 0.3) is 0 Å². The lowest BCUT2D eigenvalue weighted by Crippen LogP contribution is -2.32. The van der Waals surface area contributed by atoms with E-state index in [0.717, 1.165) is 0 Å². The maximum atomic E-state index is 9.03. The Morgan fingerprint density at radius 3 is 2.57 bits per heavy atom. The smallest absolute Gasteiger partial charge is 0.0662 e. The van der Waals surface area contributed by atoms with Crippen LogP contribution in [-0.4, -0.2) is 24.3 Å². The zero-order valence-electron chi connectivity index (χ0n) is 7.60. The molecule has 0 rings (SSSR count). The minimum atomic E-state index is -2.28. The van der Waals surface area contributed by atoms with E-state index in [1.807, 2.05) is 0 Å². The number of nitrogens with one attached hydrogen (secondary N) is 1. The zero-order valence-corrected chi connectivity index (χ0v) is 4.60. The Labute approximate surface area is 48.8 Å². The van der Waals surface area contributed by atoms with Crippen LogP contribution < -0.4 is 5.32 Å².